The van der Waals surface area contributed by atoms with Gasteiger partial charge in [-0.2, -0.15) is 0 Å². The van der Waals surface area contributed by atoms with Gasteiger partial charge in [-0.15, -0.1) is 11.3 Å². The molecule has 0 spiro atoms. The molecule has 0 bridgehead atoms. The predicted octanol–water partition coefficient (Wildman–Crippen LogP) is 2.81. The molecular weight excluding hydrogens is 350 g/mol. The van der Waals surface area contributed by atoms with Gasteiger partial charge in [-0.3, -0.25) is 4.79 Å². The van der Waals surface area contributed by atoms with Crippen molar-refractivity contribution in [3.05, 3.63) is 27.7 Å². The largest absolute Gasteiger partial charge is 0.341 e. The van der Waals surface area contributed by atoms with E-state index < -0.39 is 0 Å². The van der Waals surface area contributed by atoms with Crippen molar-refractivity contribution in [1.29, 1.82) is 0 Å². The smallest absolute Gasteiger partial charge is 0.223 e. The fraction of sp³-hybridized carbons (Fsp3) is 0.467. The lowest BCUT2D eigenvalue weighted by Crippen LogP contribution is -2.38. The van der Waals surface area contributed by atoms with Gasteiger partial charge in [0.15, 0.2) is 0 Å². The molecule has 4 nitrogen and oxygen atoms in total. The number of benzene rings is 1. The molecule has 112 valence electrons. The Hall–Kier alpha value is -0.980. The summed E-state index contributed by atoms with van der Waals surface area (Å²) in [7, 11) is 1.91. The van der Waals surface area contributed by atoms with Crippen molar-refractivity contribution < 1.29 is 4.79 Å². The van der Waals surface area contributed by atoms with Crippen LogP contribution in [0.25, 0.3) is 10.2 Å². The van der Waals surface area contributed by atoms with Crippen molar-refractivity contribution in [2.45, 2.75) is 25.3 Å². The number of aromatic nitrogens is 1. The van der Waals surface area contributed by atoms with E-state index in [2.05, 4.69) is 32.3 Å². The molecular formula is C15H18BrN3OS. The summed E-state index contributed by atoms with van der Waals surface area (Å²) in [5.41, 5.74) is 1.00. The molecule has 1 aromatic carbocycles. The normalized spacial score (nSPS) is 18.3. The summed E-state index contributed by atoms with van der Waals surface area (Å²) in [4.78, 5) is 18.7. The minimum Gasteiger partial charge on any atom is -0.341 e. The van der Waals surface area contributed by atoms with Gasteiger partial charge >= 0.3 is 0 Å². The number of nitrogens with zero attached hydrogens (tertiary/aromatic N) is 2. The van der Waals surface area contributed by atoms with Gasteiger partial charge in [0.05, 0.1) is 15.2 Å². The summed E-state index contributed by atoms with van der Waals surface area (Å²) in [6.45, 7) is 1.92. The molecule has 0 radical (unpaired) electrons. The van der Waals surface area contributed by atoms with Crippen molar-refractivity contribution in [2.75, 3.05) is 20.1 Å². The first-order valence-corrected chi connectivity index (χ1v) is 8.76. The van der Waals surface area contributed by atoms with E-state index >= 15 is 0 Å². The second kappa shape index (κ2) is 6.42. The lowest BCUT2D eigenvalue weighted by molar-refractivity contribution is -0.131. The minimum atomic E-state index is 0.212. The zero-order valence-corrected chi connectivity index (χ0v) is 14.3. The first-order valence-electron chi connectivity index (χ1n) is 7.15. The topological polar surface area (TPSA) is 45.2 Å². The predicted molar refractivity (Wildman–Crippen MR) is 89.7 cm³/mol. The Morgan fingerprint density at radius 1 is 1.57 bits per heavy atom. The van der Waals surface area contributed by atoms with Crippen LogP contribution in [-0.4, -0.2) is 42.0 Å². The zero-order valence-electron chi connectivity index (χ0n) is 11.9. The molecule has 2 aromatic rings. The SMILES string of the molecule is CN(C(=O)CCc1nc2cc(Br)ccc2s1)C1CCNC1. The molecule has 1 saturated heterocycles. The van der Waals surface area contributed by atoms with Crippen LogP contribution in [-0.2, 0) is 11.2 Å². The van der Waals surface area contributed by atoms with Crippen LogP contribution in [0.2, 0.25) is 0 Å². The number of rotatable bonds is 4. The highest BCUT2D eigenvalue weighted by Crippen LogP contribution is 2.26. The molecule has 1 N–H and O–H groups in total. The fourth-order valence-corrected chi connectivity index (χ4v) is 3.92. The van der Waals surface area contributed by atoms with Crippen LogP contribution >= 0.6 is 27.3 Å². The van der Waals surface area contributed by atoms with E-state index in [9.17, 15) is 4.79 Å². The number of carbonyl (C=O) groups is 1. The van der Waals surface area contributed by atoms with Crippen LogP contribution in [0.1, 0.15) is 17.8 Å². The van der Waals surface area contributed by atoms with Gasteiger partial charge in [-0.1, -0.05) is 15.9 Å². The summed E-state index contributed by atoms with van der Waals surface area (Å²) < 4.78 is 2.21. The summed E-state index contributed by atoms with van der Waals surface area (Å²) in [5.74, 6) is 0.212. The number of hydrogen-bond acceptors (Lipinski definition) is 4. The first kappa shape index (κ1) is 14.9. The Labute approximate surface area is 136 Å². The molecule has 1 amide bonds. The molecule has 0 saturated carbocycles. The van der Waals surface area contributed by atoms with Gasteiger partial charge in [-0.25, -0.2) is 4.98 Å². The zero-order chi connectivity index (χ0) is 14.8. The Kier molecular flexibility index (Phi) is 4.57. The fourth-order valence-electron chi connectivity index (χ4n) is 2.62. The molecule has 1 atom stereocenters. The third kappa shape index (κ3) is 3.44. The molecule has 0 aliphatic carbocycles. The molecule has 1 aliphatic rings. The summed E-state index contributed by atoms with van der Waals surface area (Å²) >= 11 is 5.14. The molecule has 1 fully saturated rings. The lowest BCUT2D eigenvalue weighted by atomic mass is 10.2. The number of nitrogens with one attached hydrogen (secondary N) is 1. The van der Waals surface area contributed by atoms with E-state index in [-0.39, 0.29) is 5.91 Å². The van der Waals surface area contributed by atoms with Crippen LogP contribution in [0.3, 0.4) is 0 Å². The van der Waals surface area contributed by atoms with E-state index in [0.29, 0.717) is 12.5 Å². The molecule has 2 heterocycles. The van der Waals surface area contributed by atoms with Crippen molar-refractivity contribution >= 4 is 43.4 Å². The number of aryl methyl sites for hydroxylation is 1. The van der Waals surface area contributed by atoms with Crippen molar-refractivity contribution in [1.82, 2.24) is 15.2 Å². The van der Waals surface area contributed by atoms with Crippen LogP contribution in [0.4, 0.5) is 0 Å². The van der Waals surface area contributed by atoms with Gasteiger partial charge in [-0.05, 0) is 31.2 Å². The molecule has 21 heavy (non-hydrogen) atoms. The van der Waals surface area contributed by atoms with Gasteiger partial charge in [0.25, 0.3) is 0 Å². The number of carbonyl (C=O) groups excluding carboxylic acids is 1. The Balaban J connectivity index is 1.61. The van der Waals surface area contributed by atoms with Crippen molar-refractivity contribution in [3.8, 4) is 0 Å². The molecule has 1 unspecified atom stereocenters. The quantitative estimate of drug-likeness (QED) is 0.903. The maximum Gasteiger partial charge on any atom is 0.223 e. The van der Waals surface area contributed by atoms with Crippen molar-refractivity contribution in [3.63, 3.8) is 0 Å². The minimum absolute atomic E-state index is 0.212. The molecule has 3 rings (SSSR count). The van der Waals surface area contributed by atoms with Gasteiger partial charge < -0.3 is 10.2 Å². The average Bonchev–Trinajstić information content (AvgIpc) is 3.12. The van der Waals surface area contributed by atoms with Gasteiger partial charge in [0.1, 0.15) is 0 Å². The Bertz CT molecular complexity index is 651. The number of halogens is 1. The average molecular weight is 368 g/mol. The third-order valence-electron chi connectivity index (χ3n) is 3.92. The second-order valence-electron chi connectivity index (χ2n) is 5.37. The van der Waals surface area contributed by atoms with Crippen molar-refractivity contribution in [2.24, 2.45) is 0 Å². The first-order chi connectivity index (χ1) is 10.1. The number of thiazole rings is 1. The number of fused-ring (bicyclic) bond motifs is 1. The second-order valence-corrected chi connectivity index (χ2v) is 7.40. The monoisotopic (exact) mass is 367 g/mol. The highest BCUT2D eigenvalue weighted by molar-refractivity contribution is 9.10. The summed E-state index contributed by atoms with van der Waals surface area (Å²) in [6, 6.07) is 6.46. The van der Waals surface area contributed by atoms with E-state index in [1.807, 2.05) is 24.1 Å². The lowest BCUT2D eigenvalue weighted by Gasteiger charge is -2.23. The third-order valence-corrected chi connectivity index (χ3v) is 5.51. The standard InChI is InChI=1S/C15H18BrN3OS/c1-19(11-6-7-17-9-11)15(20)5-4-14-18-12-8-10(16)2-3-13(12)21-14/h2-3,8,11,17H,4-7,9H2,1H3. The maximum atomic E-state index is 12.2. The van der Waals surface area contributed by atoms with Crippen LogP contribution < -0.4 is 5.32 Å². The van der Waals surface area contributed by atoms with Crippen LogP contribution in [0.15, 0.2) is 22.7 Å². The van der Waals surface area contributed by atoms with Gasteiger partial charge in [0.2, 0.25) is 5.91 Å². The number of likely N-dealkylation sites (N-methyl/N-ethyl adjacent to an activating group) is 1. The van der Waals surface area contributed by atoms with E-state index in [1.54, 1.807) is 11.3 Å². The summed E-state index contributed by atoms with van der Waals surface area (Å²) in [6.07, 6.45) is 2.31. The van der Waals surface area contributed by atoms with Crippen LogP contribution in [0.5, 0.6) is 0 Å². The van der Waals surface area contributed by atoms with Crippen LogP contribution in [0, 0.1) is 0 Å². The Morgan fingerprint density at radius 3 is 3.19 bits per heavy atom. The number of hydrogen-bond donors (Lipinski definition) is 1. The van der Waals surface area contributed by atoms with E-state index in [1.165, 1.54) is 4.70 Å². The maximum absolute atomic E-state index is 12.2. The number of amides is 1. The molecule has 6 heteroatoms. The molecule has 1 aromatic heterocycles. The highest BCUT2D eigenvalue weighted by Gasteiger charge is 2.22. The summed E-state index contributed by atoms with van der Waals surface area (Å²) in [5, 5.41) is 4.33. The van der Waals surface area contributed by atoms with Gasteiger partial charge in [0, 0.05) is 36.9 Å². The highest BCUT2D eigenvalue weighted by atomic mass is 79.9. The Morgan fingerprint density at radius 2 is 2.43 bits per heavy atom. The molecule has 1 aliphatic heterocycles. The van der Waals surface area contributed by atoms with E-state index in [4.69, 9.17) is 0 Å². The van der Waals surface area contributed by atoms with E-state index in [0.717, 1.165) is 40.9 Å².